The summed E-state index contributed by atoms with van der Waals surface area (Å²) in [5, 5.41) is 8.31. The predicted molar refractivity (Wildman–Crippen MR) is 397 cm³/mol. The Balaban J connectivity index is 1.52. The summed E-state index contributed by atoms with van der Waals surface area (Å²) in [7, 11) is 11.2. The van der Waals surface area contributed by atoms with Gasteiger partial charge < -0.3 is 60.0 Å². The highest BCUT2D eigenvalue weighted by Gasteiger charge is 2.51. The summed E-state index contributed by atoms with van der Waals surface area (Å²) >= 11 is 13.1. The van der Waals surface area contributed by atoms with E-state index in [4.69, 9.17) is 23.2 Å². The molecule has 6 rings (SSSR count). The molecular formula is C77H109Cl2F3N12O12. The summed E-state index contributed by atoms with van der Waals surface area (Å²) in [5.41, 5.74) is -0.651. The van der Waals surface area contributed by atoms with Crippen LogP contribution in [0.5, 0.6) is 0 Å². The van der Waals surface area contributed by atoms with Gasteiger partial charge in [-0.2, -0.15) is 13.2 Å². The molecule has 2 saturated heterocycles. The van der Waals surface area contributed by atoms with Crippen molar-refractivity contribution < 1.29 is 70.7 Å². The number of hydrogen-bond acceptors (Lipinski definition) is 12. The van der Waals surface area contributed by atoms with Crippen LogP contribution in [0.15, 0.2) is 66.7 Å². The minimum atomic E-state index is -4.80. The zero-order valence-corrected chi connectivity index (χ0v) is 65.9. The number of halogens is 5. The van der Waals surface area contributed by atoms with Gasteiger partial charge in [-0.1, -0.05) is 145 Å². The van der Waals surface area contributed by atoms with Crippen molar-refractivity contribution in [2.45, 2.75) is 212 Å². The molecule has 2 heterocycles. The Labute approximate surface area is 632 Å². The van der Waals surface area contributed by atoms with Gasteiger partial charge in [-0.25, -0.2) is 0 Å². The molecular weight excluding hydrogens is 1410 g/mol. The Morgan fingerprint density at radius 2 is 1.27 bits per heavy atom. The molecule has 1 aliphatic carbocycles. The van der Waals surface area contributed by atoms with Gasteiger partial charge in [-0.3, -0.25) is 57.5 Å². The van der Waals surface area contributed by atoms with Crippen LogP contribution in [0.2, 0.25) is 10.0 Å². The van der Waals surface area contributed by atoms with Crippen LogP contribution >= 0.6 is 23.2 Å². The second kappa shape index (κ2) is 37.5. The van der Waals surface area contributed by atoms with Gasteiger partial charge in [0.1, 0.15) is 59.9 Å². The van der Waals surface area contributed by atoms with Crippen LogP contribution in [0, 0.1) is 24.7 Å². The van der Waals surface area contributed by atoms with Gasteiger partial charge in [0.05, 0.1) is 23.6 Å². The van der Waals surface area contributed by atoms with Crippen molar-refractivity contribution in [3.63, 3.8) is 0 Å². The molecule has 11 atom stereocenters. The maximum absolute atomic E-state index is 15.8. The monoisotopic (exact) mass is 1520 g/mol. The molecule has 584 valence electrons. The Hall–Kier alpha value is -8.33. The summed E-state index contributed by atoms with van der Waals surface area (Å²) in [6, 6.07) is 4.82. The molecule has 3 aliphatic rings. The van der Waals surface area contributed by atoms with Crippen molar-refractivity contribution in [3.8, 4) is 0 Å². The van der Waals surface area contributed by atoms with E-state index in [1.165, 1.54) is 104 Å². The SMILES string of the molecule is CC[C@H](C)[C@@H]1NC(=O)[C@H](CC(C)C)N(C)C(=O)C[C@@H](C(=O)N(C)C)N(C)C(=O)[C@H]([C@@H](C)CC)N(C)C(=O)C2(CCCC2)NC(=O)[C@H](Cc2ccccc2Cl)N(CC)C(=O)[C@H](CCc2ccc(C(F)(F)F)c(Cl)c2)NC(=O)CN(C)C(=O)[C@H](Cc2ccc(C)cc2)N(C)C(=O)C2CCN2C(=O)[C@H](C)N(C)C1=O. The molecule has 1 unspecified atom stereocenters. The highest BCUT2D eigenvalue weighted by atomic mass is 35.5. The fraction of sp³-hybridized carbons (Fsp3) is 0.610. The minimum Gasteiger partial charge on any atom is -0.347 e. The van der Waals surface area contributed by atoms with Gasteiger partial charge in [-0.15, -0.1) is 0 Å². The molecule has 24 nitrogen and oxygen atoms in total. The predicted octanol–water partition coefficient (Wildman–Crippen LogP) is 7.20. The number of nitrogens with zero attached hydrogens (tertiary/aromatic N) is 9. The summed E-state index contributed by atoms with van der Waals surface area (Å²) in [4.78, 5) is 192. The Bertz CT molecular complexity index is 3690. The Kier molecular flexibility index (Phi) is 30.6. The third-order valence-electron chi connectivity index (χ3n) is 21.6. The van der Waals surface area contributed by atoms with E-state index >= 15 is 24.0 Å². The van der Waals surface area contributed by atoms with E-state index in [1.54, 1.807) is 57.2 Å². The molecule has 0 bridgehead atoms. The van der Waals surface area contributed by atoms with Gasteiger partial charge in [0.2, 0.25) is 70.9 Å². The van der Waals surface area contributed by atoms with E-state index in [0.717, 1.165) is 27.5 Å². The molecule has 0 aromatic heterocycles. The zero-order valence-electron chi connectivity index (χ0n) is 64.4. The molecule has 3 fully saturated rings. The van der Waals surface area contributed by atoms with Crippen LogP contribution in [0.1, 0.15) is 147 Å². The first kappa shape index (κ1) is 86.6. The van der Waals surface area contributed by atoms with Crippen LogP contribution in [0.3, 0.4) is 0 Å². The van der Waals surface area contributed by atoms with E-state index in [0.29, 0.717) is 36.8 Å². The van der Waals surface area contributed by atoms with Crippen molar-refractivity contribution in [1.29, 1.82) is 0 Å². The summed E-state index contributed by atoms with van der Waals surface area (Å²) < 4.78 is 42.1. The number of likely N-dealkylation sites (N-methyl/N-ethyl adjacent to an activating group) is 8. The van der Waals surface area contributed by atoms with Crippen LogP contribution < -0.4 is 16.0 Å². The molecule has 3 N–H and O–H groups in total. The third kappa shape index (κ3) is 20.7. The molecule has 29 heteroatoms. The zero-order chi connectivity index (χ0) is 79.3. The first-order valence-electron chi connectivity index (χ1n) is 36.6. The topological polar surface area (TPSA) is 270 Å². The number of rotatable bonds is 15. The van der Waals surface area contributed by atoms with E-state index < -0.39 is 172 Å². The maximum atomic E-state index is 15.8. The molecule has 1 saturated carbocycles. The molecule has 12 amide bonds. The number of fused-ring (bicyclic) bond motifs is 1. The molecule has 1 spiro atoms. The molecule has 0 radical (unpaired) electrons. The minimum absolute atomic E-state index is 0.0722. The molecule has 3 aromatic rings. The average molecular weight is 1520 g/mol. The van der Waals surface area contributed by atoms with Crippen LogP contribution in [0.25, 0.3) is 0 Å². The lowest BCUT2D eigenvalue weighted by atomic mass is 9.90. The average Bonchev–Trinajstić information content (AvgIpc) is 1.12. The maximum Gasteiger partial charge on any atom is 0.417 e. The van der Waals surface area contributed by atoms with Crippen molar-refractivity contribution in [3.05, 3.63) is 105 Å². The highest BCUT2D eigenvalue weighted by Crippen LogP contribution is 2.37. The summed E-state index contributed by atoms with van der Waals surface area (Å²) in [6.07, 6.45) is -4.27. The fourth-order valence-electron chi connectivity index (χ4n) is 14.2. The van der Waals surface area contributed by atoms with Gasteiger partial charge >= 0.3 is 6.18 Å². The van der Waals surface area contributed by atoms with Crippen molar-refractivity contribution in [1.82, 2.24) is 60.0 Å². The second-order valence-corrected chi connectivity index (χ2v) is 30.5. The van der Waals surface area contributed by atoms with E-state index in [9.17, 15) is 46.7 Å². The number of hydrogen-bond donors (Lipinski definition) is 3. The van der Waals surface area contributed by atoms with Gasteiger partial charge in [0.15, 0.2) is 0 Å². The lowest BCUT2D eigenvalue weighted by Gasteiger charge is -2.45. The molecule has 106 heavy (non-hydrogen) atoms. The summed E-state index contributed by atoms with van der Waals surface area (Å²) in [5.74, 6) is -10.1. The third-order valence-corrected chi connectivity index (χ3v) is 22.3. The van der Waals surface area contributed by atoms with Crippen LogP contribution in [-0.4, -0.2) is 251 Å². The highest BCUT2D eigenvalue weighted by molar-refractivity contribution is 6.31. The molecule has 2 aliphatic heterocycles. The van der Waals surface area contributed by atoms with Gasteiger partial charge in [-0.05, 0) is 112 Å². The largest absolute Gasteiger partial charge is 0.417 e. The summed E-state index contributed by atoms with van der Waals surface area (Å²) in [6.45, 7) is 14.9. The van der Waals surface area contributed by atoms with Crippen molar-refractivity contribution >= 4 is 94.1 Å². The number of carbonyl (C=O) groups excluding carboxylic acids is 12. The lowest BCUT2D eigenvalue weighted by molar-refractivity contribution is -0.160. The van der Waals surface area contributed by atoms with Crippen molar-refractivity contribution in [2.75, 3.05) is 76.0 Å². The number of carbonyl (C=O) groups is 12. The smallest absolute Gasteiger partial charge is 0.347 e. The fourth-order valence-corrected chi connectivity index (χ4v) is 14.7. The first-order valence-corrected chi connectivity index (χ1v) is 37.4. The number of aryl methyl sites for hydroxylation is 2. The normalized spacial score (nSPS) is 24.6. The van der Waals surface area contributed by atoms with Crippen LogP contribution in [-0.2, 0) is 83.0 Å². The molecule has 3 aromatic carbocycles. The Morgan fingerprint density at radius 1 is 0.660 bits per heavy atom. The van der Waals surface area contributed by atoms with Gasteiger partial charge in [0, 0.05) is 87.3 Å². The Morgan fingerprint density at radius 3 is 1.82 bits per heavy atom. The van der Waals surface area contributed by atoms with Crippen LogP contribution in [0.4, 0.5) is 13.2 Å². The first-order chi connectivity index (χ1) is 49.7. The standard InChI is InChI=1S/C77H109Cl2F3N12O12/c1-18-47(7)64-73(104)88(13)49(9)68(99)94-38-35-57(94)72(103)90(15)60(41-51-29-27-46(6)28-30-51)71(102)87(12)44-62(95)83-56(34-32-50-31-33-53(55(79)40-50)77(80,81)82)69(100)93(20-3)59(42-52-25-21-22-26-54(52)78)67(98)85-76(36-23-24-37-76)75(106)92(17)65(48(8)19-2)74(105)91(16)61(70(101)86(10)11)43-63(96)89(14)58(39-45(4)5)66(97)84-64/h21-22,25-31,33,40,45,47-49,56-61,64-65H,18-20,23-24,32,34-39,41-44H2,1-17H3,(H,83,95)(H,84,97)(H,85,98)/t47-,48-,49-,56-,57?,58-,59-,60-,61-,64-,65-/m0/s1. The number of nitrogens with one attached hydrogen (secondary N) is 3. The number of benzene rings is 3. The second-order valence-electron chi connectivity index (χ2n) is 29.7. The van der Waals surface area contributed by atoms with Gasteiger partial charge in [0.25, 0.3) is 0 Å². The van der Waals surface area contributed by atoms with Crippen molar-refractivity contribution in [2.24, 2.45) is 17.8 Å². The van der Waals surface area contributed by atoms with E-state index in [2.05, 4.69) is 16.0 Å². The van der Waals surface area contributed by atoms with E-state index in [1.807, 2.05) is 46.8 Å². The number of alkyl halides is 3. The number of amides is 12. The quantitative estimate of drug-likeness (QED) is 0.136. The lowest BCUT2D eigenvalue weighted by Crippen LogP contribution is -2.66. The van der Waals surface area contributed by atoms with E-state index in [-0.39, 0.29) is 81.0 Å².